The van der Waals surface area contributed by atoms with Crippen LogP contribution >= 0.6 is 0 Å². The number of aliphatic hydroxyl groups is 2. The van der Waals surface area contributed by atoms with Crippen LogP contribution in [0, 0.1) is 11.8 Å². The maximum absolute atomic E-state index is 9.73. The van der Waals surface area contributed by atoms with Crippen LogP contribution in [0.2, 0.25) is 0 Å². The Morgan fingerprint density at radius 1 is 1.04 bits per heavy atom. The Morgan fingerprint density at radius 3 is 2.54 bits per heavy atom. The van der Waals surface area contributed by atoms with Gasteiger partial charge in [0.2, 0.25) is 0 Å². The highest BCUT2D eigenvalue weighted by Gasteiger charge is 2.61. The van der Waals surface area contributed by atoms with Gasteiger partial charge in [0.15, 0.2) is 5.79 Å². The predicted octanol–water partition coefficient (Wildman–Crippen LogP) is 1.84. The largest absolute Gasteiger partial charge is 0.396 e. The molecule has 6 heteroatoms. The highest BCUT2D eigenvalue weighted by molar-refractivity contribution is 5.50. The van der Waals surface area contributed by atoms with E-state index in [9.17, 15) is 5.11 Å². The van der Waals surface area contributed by atoms with E-state index >= 15 is 0 Å². The lowest BCUT2D eigenvalue weighted by molar-refractivity contribution is -0.154. The average molecular weight is 387 g/mol. The molecular formula is C22H29NO5. The number of ether oxygens (including phenoxy) is 3. The van der Waals surface area contributed by atoms with E-state index in [0.717, 1.165) is 30.6 Å². The minimum absolute atomic E-state index is 0.00134. The maximum Gasteiger partial charge on any atom is 0.188 e. The first kappa shape index (κ1) is 18.6. The molecule has 4 atom stereocenters. The predicted molar refractivity (Wildman–Crippen MR) is 104 cm³/mol. The van der Waals surface area contributed by atoms with Crippen molar-refractivity contribution in [3.63, 3.8) is 0 Å². The van der Waals surface area contributed by atoms with Gasteiger partial charge >= 0.3 is 0 Å². The highest BCUT2D eigenvalue weighted by Crippen LogP contribution is 2.56. The molecule has 4 aliphatic rings. The van der Waals surface area contributed by atoms with Crippen molar-refractivity contribution in [2.45, 2.75) is 43.3 Å². The summed E-state index contributed by atoms with van der Waals surface area (Å²) in [6, 6.07) is 8.41. The molecule has 0 amide bonds. The Labute approximate surface area is 165 Å². The summed E-state index contributed by atoms with van der Waals surface area (Å²) < 4.78 is 18.6. The van der Waals surface area contributed by atoms with Crippen LogP contribution < -0.4 is 4.90 Å². The Kier molecular flexibility index (Phi) is 4.72. The lowest BCUT2D eigenvalue weighted by atomic mass is 9.71. The second-order valence-electron chi connectivity index (χ2n) is 8.38. The molecule has 1 aromatic carbocycles. The van der Waals surface area contributed by atoms with Gasteiger partial charge in [-0.05, 0) is 36.6 Å². The molecule has 1 aliphatic carbocycles. The van der Waals surface area contributed by atoms with Crippen LogP contribution in [0.1, 0.15) is 24.8 Å². The van der Waals surface area contributed by atoms with Gasteiger partial charge in [-0.1, -0.05) is 18.2 Å². The summed E-state index contributed by atoms with van der Waals surface area (Å²) in [5, 5.41) is 18.9. The van der Waals surface area contributed by atoms with Crippen LogP contribution in [-0.2, 0) is 20.6 Å². The molecule has 3 heterocycles. The third-order valence-corrected chi connectivity index (χ3v) is 6.93. The summed E-state index contributed by atoms with van der Waals surface area (Å²) in [5.41, 5.74) is 1.85. The van der Waals surface area contributed by atoms with Crippen LogP contribution in [0.15, 0.2) is 36.4 Å². The minimum Gasteiger partial charge on any atom is -0.396 e. The SMILES string of the molecule is OCCc1ccc(N2CC[C@@H]3[C@H]2O[C@@]2(CCO)C=CC4(C[C@@H]32)OCCO4)cc1. The second-order valence-corrected chi connectivity index (χ2v) is 8.38. The zero-order valence-electron chi connectivity index (χ0n) is 16.1. The molecule has 0 saturated carbocycles. The van der Waals surface area contributed by atoms with Crippen molar-refractivity contribution in [1.29, 1.82) is 0 Å². The number of hydrogen-bond donors (Lipinski definition) is 2. The van der Waals surface area contributed by atoms with Crippen molar-refractivity contribution >= 4 is 5.69 Å². The first-order valence-electron chi connectivity index (χ1n) is 10.4. The molecule has 2 N–H and O–H groups in total. The lowest BCUT2D eigenvalue weighted by Crippen LogP contribution is -2.47. The topological polar surface area (TPSA) is 71.4 Å². The van der Waals surface area contributed by atoms with Crippen LogP contribution in [0.25, 0.3) is 0 Å². The third-order valence-electron chi connectivity index (χ3n) is 6.93. The van der Waals surface area contributed by atoms with Crippen LogP contribution in [0.4, 0.5) is 5.69 Å². The Morgan fingerprint density at radius 2 is 1.82 bits per heavy atom. The van der Waals surface area contributed by atoms with Gasteiger partial charge in [-0.25, -0.2) is 0 Å². The number of aliphatic hydroxyl groups excluding tert-OH is 2. The average Bonchev–Trinajstić information content (AvgIpc) is 3.39. The Bertz CT molecular complexity index is 729. The molecule has 1 spiro atoms. The summed E-state index contributed by atoms with van der Waals surface area (Å²) in [7, 11) is 0. The van der Waals surface area contributed by atoms with Gasteiger partial charge in [0.1, 0.15) is 6.23 Å². The van der Waals surface area contributed by atoms with Gasteiger partial charge in [-0.2, -0.15) is 0 Å². The van der Waals surface area contributed by atoms with Gasteiger partial charge in [0, 0.05) is 50.1 Å². The second kappa shape index (κ2) is 7.11. The monoisotopic (exact) mass is 387 g/mol. The Balaban J connectivity index is 1.41. The lowest BCUT2D eigenvalue weighted by Gasteiger charge is -2.41. The third kappa shape index (κ3) is 2.90. The number of fused-ring (bicyclic) bond motifs is 3. The van der Waals surface area contributed by atoms with Crippen molar-refractivity contribution < 1.29 is 24.4 Å². The Hall–Kier alpha value is -1.44. The van der Waals surface area contributed by atoms with Gasteiger partial charge < -0.3 is 29.3 Å². The minimum atomic E-state index is -0.610. The number of benzene rings is 1. The van der Waals surface area contributed by atoms with E-state index in [1.54, 1.807) is 0 Å². The molecule has 3 saturated heterocycles. The van der Waals surface area contributed by atoms with Crippen LogP contribution in [-0.4, -0.2) is 60.8 Å². The normalized spacial score (nSPS) is 35.5. The van der Waals surface area contributed by atoms with Gasteiger partial charge in [-0.15, -0.1) is 0 Å². The summed E-state index contributed by atoms with van der Waals surface area (Å²) >= 11 is 0. The fourth-order valence-electron chi connectivity index (χ4n) is 5.59. The summed E-state index contributed by atoms with van der Waals surface area (Å²) in [6.07, 6.45) is 7.24. The zero-order chi connectivity index (χ0) is 19.2. The van der Waals surface area contributed by atoms with E-state index in [4.69, 9.17) is 19.3 Å². The van der Waals surface area contributed by atoms with Gasteiger partial charge in [-0.3, -0.25) is 0 Å². The summed E-state index contributed by atoms with van der Waals surface area (Å²) in [5.74, 6) is 0.0472. The van der Waals surface area contributed by atoms with E-state index in [2.05, 4.69) is 35.2 Å². The molecule has 0 radical (unpaired) electrons. The molecule has 0 bridgehead atoms. The van der Waals surface area contributed by atoms with Crippen molar-refractivity contribution in [2.75, 3.05) is 37.9 Å². The van der Waals surface area contributed by atoms with Crippen molar-refractivity contribution in [3.8, 4) is 0 Å². The van der Waals surface area contributed by atoms with Crippen LogP contribution in [0.3, 0.4) is 0 Å². The van der Waals surface area contributed by atoms with Crippen LogP contribution in [0.5, 0.6) is 0 Å². The number of hydrogen-bond acceptors (Lipinski definition) is 6. The van der Waals surface area contributed by atoms with E-state index in [1.165, 1.54) is 0 Å². The molecule has 5 rings (SSSR count). The zero-order valence-corrected chi connectivity index (χ0v) is 16.1. The first-order chi connectivity index (χ1) is 13.7. The maximum atomic E-state index is 9.73. The molecular weight excluding hydrogens is 358 g/mol. The summed E-state index contributed by atoms with van der Waals surface area (Å²) in [6.45, 7) is 2.49. The van der Waals surface area contributed by atoms with E-state index in [-0.39, 0.29) is 25.4 Å². The smallest absolute Gasteiger partial charge is 0.188 e. The van der Waals surface area contributed by atoms with Gasteiger partial charge in [0.25, 0.3) is 0 Å². The fraction of sp³-hybridized carbons (Fsp3) is 0.636. The summed E-state index contributed by atoms with van der Waals surface area (Å²) in [4.78, 5) is 2.35. The highest BCUT2D eigenvalue weighted by atomic mass is 16.7. The standard InChI is InChI=1S/C22H29NO5/c24-11-6-16-1-3-17(4-2-16)23-10-5-18-19-15-22(26-13-14-27-22)8-7-21(19,9-12-25)28-20(18)23/h1-4,7-8,18-20,24-25H,5-6,9-15H2/t18-,19-,20+,21+/m0/s1. The molecule has 0 aromatic heterocycles. The van der Waals surface area contributed by atoms with E-state index < -0.39 is 11.4 Å². The quantitative estimate of drug-likeness (QED) is 0.752. The van der Waals surface area contributed by atoms with Crippen molar-refractivity contribution in [2.24, 2.45) is 11.8 Å². The molecule has 28 heavy (non-hydrogen) atoms. The fourth-order valence-corrected chi connectivity index (χ4v) is 5.59. The molecule has 6 nitrogen and oxygen atoms in total. The molecule has 1 aromatic rings. The van der Waals surface area contributed by atoms with E-state index in [0.29, 0.717) is 32.0 Å². The number of anilines is 1. The number of rotatable bonds is 5. The van der Waals surface area contributed by atoms with Gasteiger partial charge in [0.05, 0.1) is 18.8 Å². The number of nitrogens with zero attached hydrogens (tertiary/aromatic N) is 1. The molecule has 152 valence electrons. The van der Waals surface area contributed by atoms with Crippen molar-refractivity contribution in [1.82, 2.24) is 0 Å². The van der Waals surface area contributed by atoms with Crippen molar-refractivity contribution in [3.05, 3.63) is 42.0 Å². The molecule has 0 unspecified atom stereocenters. The molecule has 3 aliphatic heterocycles. The first-order valence-corrected chi connectivity index (χ1v) is 10.4. The molecule has 3 fully saturated rings. The van der Waals surface area contributed by atoms with E-state index in [1.807, 2.05) is 6.08 Å².